The number of hydrogen-bond acceptors (Lipinski definition) is 5. The predicted molar refractivity (Wildman–Crippen MR) is 112 cm³/mol. The van der Waals surface area contributed by atoms with Crippen molar-refractivity contribution in [3.8, 4) is 5.88 Å². The summed E-state index contributed by atoms with van der Waals surface area (Å²) in [5.41, 5.74) is 4.22. The fourth-order valence-electron chi connectivity index (χ4n) is 2.84. The molecule has 2 aromatic carbocycles. The Kier molecular flexibility index (Phi) is 4.74. The second kappa shape index (κ2) is 7.08. The number of amides is 2. The number of aromatic nitrogens is 1. The summed E-state index contributed by atoms with van der Waals surface area (Å²) in [5.74, 6) is -1.18. The van der Waals surface area contributed by atoms with Crippen LogP contribution in [0.15, 0.2) is 51.9 Å². The number of rotatable bonds is 3. The first kappa shape index (κ1) is 18.7. The Morgan fingerprint density at radius 1 is 1.25 bits per heavy atom. The predicted octanol–water partition coefficient (Wildman–Crippen LogP) is 2.80. The number of halogens is 1. The molecule has 0 atom stereocenters. The van der Waals surface area contributed by atoms with E-state index in [1.165, 1.54) is 0 Å². The molecule has 9 heteroatoms. The van der Waals surface area contributed by atoms with Crippen LogP contribution in [0, 0.1) is 10.9 Å². The van der Waals surface area contributed by atoms with Crippen molar-refractivity contribution in [1.29, 1.82) is 0 Å². The molecule has 0 aliphatic carbocycles. The summed E-state index contributed by atoms with van der Waals surface area (Å²) >= 11 is 9.64. The molecule has 28 heavy (non-hydrogen) atoms. The third kappa shape index (κ3) is 3.21. The monoisotopic (exact) mass is 473 g/mol. The van der Waals surface area contributed by atoms with E-state index in [-0.39, 0.29) is 20.3 Å². The van der Waals surface area contributed by atoms with Gasteiger partial charge in [-0.3, -0.25) is 15.0 Å². The third-order valence-corrected chi connectivity index (χ3v) is 6.10. The van der Waals surface area contributed by atoms with Crippen molar-refractivity contribution in [3.05, 3.63) is 77.5 Å². The van der Waals surface area contributed by atoms with Crippen LogP contribution in [0.25, 0.3) is 5.57 Å². The van der Waals surface area contributed by atoms with E-state index in [1.807, 2.05) is 19.1 Å². The van der Waals surface area contributed by atoms with Crippen LogP contribution in [0.3, 0.4) is 0 Å². The lowest BCUT2D eigenvalue weighted by Crippen LogP contribution is -2.24. The maximum atomic E-state index is 12.5. The van der Waals surface area contributed by atoms with E-state index in [2.05, 4.69) is 26.3 Å². The van der Waals surface area contributed by atoms with Gasteiger partial charge in [0, 0.05) is 15.3 Å². The fourth-order valence-corrected chi connectivity index (χ4v) is 4.37. The number of carbonyl (C=O) groups excluding carboxylic acids is 2. The summed E-state index contributed by atoms with van der Waals surface area (Å²) in [6.07, 6.45) is 0. The molecule has 0 radical (unpaired) electrons. The van der Waals surface area contributed by atoms with Crippen LogP contribution in [0.4, 0.5) is 0 Å². The maximum absolute atomic E-state index is 12.5. The van der Waals surface area contributed by atoms with Crippen molar-refractivity contribution >= 4 is 56.9 Å². The molecule has 0 saturated carbocycles. The highest BCUT2D eigenvalue weighted by atomic mass is 79.9. The first-order valence-electron chi connectivity index (χ1n) is 8.11. The lowest BCUT2D eigenvalue weighted by Gasteiger charge is -2.08. The van der Waals surface area contributed by atoms with Gasteiger partial charge in [0.1, 0.15) is 4.88 Å². The molecular weight excluding hydrogens is 462 g/mol. The first-order chi connectivity index (χ1) is 13.3. The SMILES string of the molecule is Cc1ccc2c(c1)=C(c1sc(=S)n(NC(=O)c3ccc(Br)cc3)c1O)C(=O)N=2. The number of thiazole rings is 1. The van der Waals surface area contributed by atoms with Crippen LogP contribution >= 0.6 is 39.5 Å². The summed E-state index contributed by atoms with van der Waals surface area (Å²) in [4.78, 5) is 29.2. The van der Waals surface area contributed by atoms with E-state index >= 15 is 0 Å². The standard InChI is InChI=1S/C19H12BrN3O3S2/c1-9-2-7-13-12(8-9)14(17(25)21-13)15-18(26)23(19(27)28-15)22-16(24)10-3-5-11(20)6-4-10/h2-8,26H,1H3,(H,22,24). The lowest BCUT2D eigenvalue weighted by atomic mass is 10.1. The van der Waals surface area contributed by atoms with Crippen molar-refractivity contribution in [1.82, 2.24) is 4.68 Å². The highest BCUT2D eigenvalue weighted by Crippen LogP contribution is 2.31. The van der Waals surface area contributed by atoms with E-state index in [4.69, 9.17) is 12.2 Å². The fraction of sp³-hybridized carbons (Fsp3) is 0.0526. The Balaban J connectivity index is 1.79. The van der Waals surface area contributed by atoms with Crippen molar-refractivity contribution in [2.24, 2.45) is 4.99 Å². The minimum Gasteiger partial charge on any atom is -0.492 e. The van der Waals surface area contributed by atoms with Crippen molar-refractivity contribution < 1.29 is 14.7 Å². The van der Waals surface area contributed by atoms with E-state index in [0.717, 1.165) is 26.0 Å². The summed E-state index contributed by atoms with van der Waals surface area (Å²) in [5, 5.41) is 11.9. The van der Waals surface area contributed by atoms with Crippen molar-refractivity contribution in [2.45, 2.75) is 6.92 Å². The number of nitrogens with one attached hydrogen (secondary N) is 1. The maximum Gasteiger partial charge on any atom is 0.279 e. The molecule has 0 saturated heterocycles. The number of carbonyl (C=O) groups is 2. The van der Waals surface area contributed by atoms with Gasteiger partial charge in [0.25, 0.3) is 11.8 Å². The van der Waals surface area contributed by atoms with Gasteiger partial charge in [0.2, 0.25) is 5.88 Å². The van der Waals surface area contributed by atoms with Crippen LogP contribution in [0.1, 0.15) is 20.8 Å². The normalized spacial score (nSPS) is 12.6. The van der Waals surface area contributed by atoms with E-state index in [1.54, 1.807) is 30.3 Å². The summed E-state index contributed by atoms with van der Waals surface area (Å²) in [7, 11) is 0. The van der Waals surface area contributed by atoms with Gasteiger partial charge in [0.15, 0.2) is 3.95 Å². The van der Waals surface area contributed by atoms with Gasteiger partial charge < -0.3 is 5.11 Å². The highest BCUT2D eigenvalue weighted by Gasteiger charge is 2.26. The van der Waals surface area contributed by atoms with Gasteiger partial charge in [-0.2, -0.15) is 4.68 Å². The molecule has 2 amide bonds. The molecule has 3 aromatic rings. The van der Waals surface area contributed by atoms with Crippen LogP contribution in [-0.2, 0) is 4.79 Å². The summed E-state index contributed by atoms with van der Waals surface area (Å²) < 4.78 is 2.16. The second-order valence-electron chi connectivity index (χ2n) is 6.12. The van der Waals surface area contributed by atoms with Crippen molar-refractivity contribution in [2.75, 3.05) is 5.43 Å². The Hall–Kier alpha value is -2.62. The number of hydrogen-bond donors (Lipinski definition) is 2. The van der Waals surface area contributed by atoms with Gasteiger partial charge >= 0.3 is 0 Å². The minimum absolute atomic E-state index is 0.208. The molecule has 2 N–H and O–H groups in total. The average molecular weight is 474 g/mol. The first-order valence-corrected chi connectivity index (χ1v) is 10.1. The van der Waals surface area contributed by atoms with Crippen LogP contribution < -0.4 is 16.0 Å². The van der Waals surface area contributed by atoms with Gasteiger partial charge in [-0.1, -0.05) is 38.9 Å². The number of fused-ring (bicyclic) bond motifs is 1. The second-order valence-corrected chi connectivity index (χ2v) is 8.68. The zero-order valence-electron chi connectivity index (χ0n) is 14.4. The molecule has 0 bridgehead atoms. The summed E-state index contributed by atoms with van der Waals surface area (Å²) in [6.45, 7) is 1.91. The molecule has 0 fully saturated rings. The zero-order chi connectivity index (χ0) is 20.0. The van der Waals surface area contributed by atoms with Crippen LogP contribution in [0.5, 0.6) is 5.88 Å². The Morgan fingerprint density at radius 2 is 1.96 bits per heavy atom. The molecule has 1 aromatic heterocycles. The Morgan fingerprint density at radius 3 is 2.68 bits per heavy atom. The number of nitrogens with zero attached hydrogens (tertiary/aromatic N) is 2. The minimum atomic E-state index is -0.446. The largest absolute Gasteiger partial charge is 0.492 e. The molecule has 1 aliphatic rings. The van der Waals surface area contributed by atoms with E-state index in [0.29, 0.717) is 16.1 Å². The van der Waals surface area contributed by atoms with Crippen molar-refractivity contribution in [3.63, 3.8) is 0 Å². The van der Waals surface area contributed by atoms with Crippen LogP contribution in [0.2, 0.25) is 0 Å². The molecule has 2 heterocycles. The molecule has 0 spiro atoms. The number of aromatic hydroxyl groups is 1. The summed E-state index contributed by atoms with van der Waals surface area (Å²) in [6, 6.07) is 12.2. The lowest BCUT2D eigenvalue weighted by molar-refractivity contribution is -0.112. The number of aryl methyl sites for hydroxylation is 1. The van der Waals surface area contributed by atoms with Crippen LogP contribution in [-0.4, -0.2) is 21.6 Å². The smallest absolute Gasteiger partial charge is 0.279 e. The van der Waals surface area contributed by atoms with E-state index in [9.17, 15) is 14.7 Å². The Bertz CT molecular complexity index is 1320. The molecule has 0 unspecified atom stereocenters. The highest BCUT2D eigenvalue weighted by molar-refractivity contribution is 9.10. The number of benzene rings is 2. The zero-order valence-corrected chi connectivity index (χ0v) is 17.6. The average Bonchev–Trinajstić information content (AvgIpc) is 3.11. The topological polar surface area (TPSA) is 83.7 Å². The molecular formula is C19H12BrN3O3S2. The van der Waals surface area contributed by atoms with Gasteiger partial charge in [-0.15, -0.1) is 0 Å². The third-order valence-electron chi connectivity index (χ3n) is 4.19. The van der Waals surface area contributed by atoms with Gasteiger partial charge in [-0.25, -0.2) is 4.99 Å². The van der Waals surface area contributed by atoms with Gasteiger partial charge in [-0.05, 0) is 55.5 Å². The van der Waals surface area contributed by atoms with E-state index < -0.39 is 11.8 Å². The molecule has 1 aliphatic heterocycles. The quantitative estimate of drug-likeness (QED) is 0.572. The molecule has 140 valence electrons. The Labute approximate surface area is 176 Å². The van der Waals surface area contributed by atoms with Gasteiger partial charge in [0.05, 0.1) is 10.9 Å². The molecule has 4 rings (SSSR count). The molecule has 6 nitrogen and oxygen atoms in total.